The molecule has 1 fully saturated rings. The van der Waals surface area contributed by atoms with E-state index in [2.05, 4.69) is 15.6 Å². The summed E-state index contributed by atoms with van der Waals surface area (Å²) in [7, 11) is 3.09. The van der Waals surface area contributed by atoms with Crippen molar-refractivity contribution in [3.63, 3.8) is 0 Å². The highest BCUT2D eigenvalue weighted by Crippen LogP contribution is 2.25. The maximum atomic E-state index is 12.9. The summed E-state index contributed by atoms with van der Waals surface area (Å²) < 4.78 is 16.9. The lowest BCUT2D eigenvalue weighted by atomic mass is 10.0. The number of nitrogens with zero attached hydrogens (tertiary/aromatic N) is 1. The van der Waals surface area contributed by atoms with Gasteiger partial charge in [-0.25, -0.2) is 4.98 Å². The van der Waals surface area contributed by atoms with E-state index in [1.807, 2.05) is 30.3 Å². The number of ether oxygens (including phenoxy) is 3. The molecule has 4 N–H and O–H groups in total. The van der Waals surface area contributed by atoms with Gasteiger partial charge in [-0.1, -0.05) is 30.3 Å². The SMILES string of the molecule is CNC(=O)c1cc(C(=O)NCCCC2OCC(CN)CO2)cc([C@H](OC)c2ccccc2)n1. The summed E-state index contributed by atoms with van der Waals surface area (Å²) >= 11 is 0. The number of benzene rings is 1. The molecule has 2 aromatic rings. The van der Waals surface area contributed by atoms with E-state index in [-0.39, 0.29) is 29.7 Å². The minimum atomic E-state index is -0.514. The highest BCUT2D eigenvalue weighted by Gasteiger charge is 2.22. The molecule has 2 heterocycles. The lowest BCUT2D eigenvalue weighted by molar-refractivity contribution is -0.201. The Morgan fingerprint density at radius 1 is 1.18 bits per heavy atom. The molecule has 1 aromatic heterocycles. The third-order valence-electron chi connectivity index (χ3n) is 5.44. The topological polar surface area (TPSA) is 125 Å². The molecule has 1 atom stereocenters. The zero-order valence-corrected chi connectivity index (χ0v) is 19.1. The predicted octanol–water partition coefficient (Wildman–Crippen LogP) is 1.63. The number of amides is 2. The highest BCUT2D eigenvalue weighted by molar-refractivity contribution is 5.98. The van der Waals surface area contributed by atoms with Crippen molar-refractivity contribution >= 4 is 11.8 Å². The molecule has 1 aliphatic heterocycles. The smallest absolute Gasteiger partial charge is 0.269 e. The maximum absolute atomic E-state index is 12.9. The third-order valence-corrected chi connectivity index (χ3v) is 5.44. The van der Waals surface area contributed by atoms with Crippen LogP contribution in [-0.4, -0.2) is 63.5 Å². The first-order chi connectivity index (χ1) is 16.0. The molecule has 1 aromatic carbocycles. The van der Waals surface area contributed by atoms with Crippen LogP contribution < -0.4 is 16.4 Å². The summed E-state index contributed by atoms with van der Waals surface area (Å²) in [5.74, 6) is -0.431. The number of carbonyl (C=O) groups is 2. The number of carbonyl (C=O) groups excluding carboxylic acids is 2. The molecule has 1 saturated heterocycles. The van der Waals surface area contributed by atoms with E-state index in [0.717, 1.165) is 5.56 Å². The van der Waals surface area contributed by atoms with E-state index < -0.39 is 6.10 Å². The van der Waals surface area contributed by atoms with Crippen LogP contribution >= 0.6 is 0 Å². The van der Waals surface area contributed by atoms with Crippen LogP contribution in [0.15, 0.2) is 42.5 Å². The Morgan fingerprint density at radius 2 is 1.91 bits per heavy atom. The Balaban J connectivity index is 1.66. The van der Waals surface area contributed by atoms with Gasteiger partial charge in [0, 0.05) is 38.6 Å². The molecule has 1 aliphatic rings. The van der Waals surface area contributed by atoms with Crippen LogP contribution in [0.25, 0.3) is 0 Å². The molecule has 0 spiro atoms. The predicted molar refractivity (Wildman–Crippen MR) is 123 cm³/mol. The van der Waals surface area contributed by atoms with Crippen LogP contribution in [0.5, 0.6) is 0 Å². The fraction of sp³-hybridized carbons (Fsp3) is 0.458. The zero-order chi connectivity index (χ0) is 23.6. The van der Waals surface area contributed by atoms with Crippen molar-refractivity contribution in [2.24, 2.45) is 11.7 Å². The number of aromatic nitrogens is 1. The second kappa shape index (κ2) is 12.4. The molecule has 2 amide bonds. The van der Waals surface area contributed by atoms with Crippen LogP contribution in [0.2, 0.25) is 0 Å². The normalized spacial score (nSPS) is 19.0. The van der Waals surface area contributed by atoms with Crippen molar-refractivity contribution in [2.75, 3.05) is 40.5 Å². The average Bonchev–Trinajstić information content (AvgIpc) is 2.87. The van der Waals surface area contributed by atoms with E-state index >= 15 is 0 Å². The maximum Gasteiger partial charge on any atom is 0.269 e. The molecule has 0 aliphatic carbocycles. The number of hydrogen-bond acceptors (Lipinski definition) is 7. The van der Waals surface area contributed by atoms with Gasteiger partial charge in [-0.2, -0.15) is 0 Å². The summed E-state index contributed by atoms with van der Waals surface area (Å²) in [5, 5.41) is 5.45. The van der Waals surface area contributed by atoms with Crippen molar-refractivity contribution < 1.29 is 23.8 Å². The number of pyridine rings is 1. The van der Waals surface area contributed by atoms with Gasteiger partial charge < -0.3 is 30.6 Å². The lowest BCUT2D eigenvalue weighted by Gasteiger charge is -2.28. The van der Waals surface area contributed by atoms with Gasteiger partial charge in [0.05, 0.1) is 18.9 Å². The standard InChI is InChI=1S/C24H32N4O5/c1-26-24(30)20-12-18(11-19(28-20)22(31-2)17-7-4-3-5-8-17)23(29)27-10-6-9-21-32-14-16(13-25)15-33-21/h3-5,7-8,11-12,16,21-22H,6,9-10,13-15,25H2,1-2H3,(H,26,30)(H,27,29)/t16?,21?,22-/m1/s1. The van der Waals surface area contributed by atoms with Crippen molar-refractivity contribution in [1.29, 1.82) is 0 Å². The van der Waals surface area contributed by atoms with Gasteiger partial charge in [0.25, 0.3) is 11.8 Å². The van der Waals surface area contributed by atoms with Crippen molar-refractivity contribution in [2.45, 2.75) is 25.2 Å². The number of hydrogen-bond donors (Lipinski definition) is 3. The first-order valence-corrected chi connectivity index (χ1v) is 11.1. The van der Waals surface area contributed by atoms with Gasteiger partial charge in [0.2, 0.25) is 0 Å². The van der Waals surface area contributed by atoms with Crippen molar-refractivity contribution in [3.8, 4) is 0 Å². The van der Waals surface area contributed by atoms with Gasteiger partial charge in [-0.3, -0.25) is 9.59 Å². The highest BCUT2D eigenvalue weighted by atomic mass is 16.7. The molecule has 0 unspecified atom stereocenters. The monoisotopic (exact) mass is 456 g/mol. The quantitative estimate of drug-likeness (QED) is 0.464. The van der Waals surface area contributed by atoms with Crippen LogP contribution in [-0.2, 0) is 14.2 Å². The van der Waals surface area contributed by atoms with Gasteiger partial charge in [0.15, 0.2) is 6.29 Å². The Bertz CT molecular complexity index is 916. The van der Waals surface area contributed by atoms with Crippen LogP contribution in [0.3, 0.4) is 0 Å². The van der Waals surface area contributed by atoms with E-state index in [1.54, 1.807) is 13.2 Å². The minimum absolute atomic E-state index is 0.150. The molecule has 178 valence electrons. The minimum Gasteiger partial charge on any atom is -0.370 e. The summed E-state index contributed by atoms with van der Waals surface area (Å²) in [6.07, 6.45) is 0.572. The van der Waals surface area contributed by atoms with Crippen molar-refractivity contribution in [3.05, 3.63) is 65.0 Å². The Labute approximate surface area is 194 Å². The van der Waals surface area contributed by atoms with Crippen LogP contribution in [0, 0.1) is 5.92 Å². The van der Waals surface area contributed by atoms with E-state index in [0.29, 0.717) is 50.4 Å². The number of methoxy groups -OCH3 is 1. The summed E-state index contributed by atoms with van der Waals surface area (Å²) in [4.78, 5) is 29.6. The van der Waals surface area contributed by atoms with Gasteiger partial charge in [0.1, 0.15) is 11.8 Å². The number of nitrogens with two attached hydrogens (primary N) is 1. The molecule has 9 nitrogen and oxygen atoms in total. The number of nitrogens with one attached hydrogen (secondary N) is 2. The fourth-order valence-corrected chi connectivity index (χ4v) is 3.58. The summed E-state index contributed by atoms with van der Waals surface area (Å²) in [6.45, 7) is 2.18. The van der Waals surface area contributed by atoms with Gasteiger partial charge in [-0.05, 0) is 30.7 Å². The van der Waals surface area contributed by atoms with Crippen LogP contribution in [0.4, 0.5) is 0 Å². The first kappa shape index (κ1) is 24.8. The zero-order valence-electron chi connectivity index (χ0n) is 19.1. The molecular weight excluding hydrogens is 424 g/mol. The molecule has 33 heavy (non-hydrogen) atoms. The summed E-state index contributed by atoms with van der Waals surface area (Å²) in [5.41, 5.74) is 7.47. The second-order valence-electron chi connectivity index (χ2n) is 7.87. The Morgan fingerprint density at radius 3 is 2.55 bits per heavy atom. The van der Waals surface area contributed by atoms with Crippen LogP contribution in [0.1, 0.15) is 51.0 Å². The van der Waals surface area contributed by atoms with E-state index in [4.69, 9.17) is 19.9 Å². The Kier molecular flexibility index (Phi) is 9.32. The largest absolute Gasteiger partial charge is 0.370 e. The van der Waals surface area contributed by atoms with E-state index in [9.17, 15) is 9.59 Å². The second-order valence-corrected chi connectivity index (χ2v) is 7.87. The third kappa shape index (κ3) is 6.82. The van der Waals surface area contributed by atoms with Gasteiger partial charge in [-0.15, -0.1) is 0 Å². The summed E-state index contributed by atoms with van der Waals surface area (Å²) in [6, 6.07) is 12.7. The van der Waals surface area contributed by atoms with E-state index in [1.165, 1.54) is 13.1 Å². The molecule has 9 heteroatoms. The molecular formula is C24H32N4O5. The first-order valence-electron chi connectivity index (χ1n) is 11.1. The fourth-order valence-electron chi connectivity index (χ4n) is 3.58. The molecule has 3 rings (SSSR count). The Hall–Kier alpha value is -2.85. The number of rotatable bonds is 10. The average molecular weight is 457 g/mol. The molecule has 0 bridgehead atoms. The molecule has 0 saturated carbocycles. The van der Waals surface area contributed by atoms with Crippen molar-refractivity contribution in [1.82, 2.24) is 15.6 Å². The lowest BCUT2D eigenvalue weighted by Crippen LogP contribution is -2.36. The van der Waals surface area contributed by atoms with Gasteiger partial charge >= 0.3 is 0 Å². The molecule has 0 radical (unpaired) electrons.